The molecule has 28 heavy (non-hydrogen) atoms. The van der Waals surface area contributed by atoms with Crippen molar-refractivity contribution in [1.82, 2.24) is 9.78 Å². The highest BCUT2D eigenvalue weighted by Crippen LogP contribution is 2.28. The first kappa shape index (κ1) is 18.1. The van der Waals surface area contributed by atoms with Crippen molar-refractivity contribution in [2.75, 3.05) is 5.32 Å². The third-order valence-corrected chi connectivity index (χ3v) is 5.58. The Morgan fingerprint density at radius 1 is 1.04 bits per heavy atom. The Labute approximate surface area is 166 Å². The zero-order chi connectivity index (χ0) is 19.7. The number of thiophene rings is 1. The van der Waals surface area contributed by atoms with Gasteiger partial charge in [0.2, 0.25) is 5.91 Å². The molecule has 0 spiro atoms. The van der Waals surface area contributed by atoms with Crippen LogP contribution in [0.5, 0.6) is 0 Å². The van der Waals surface area contributed by atoms with Gasteiger partial charge in [-0.3, -0.25) is 9.59 Å². The van der Waals surface area contributed by atoms with Gasteiger partial charge in [-0.15, -0.1) is 11.3 Å². The number of anilines is 1. The maximum Gasteiger partial charge on any atom is 0.275 e. The molecule has 1 amide bonds. The van der Waals surface area contributed by atoms with Gasteiger partial charge in [0.15, 0.2) is 0 Å². The van der Waals surface area contributed by atoms with Crippen LogP contribution in [0.1, 0.15) is 11.1 Å². The van der Waals surface area contributed by atoms with Gasteiger partial charge in [-0.05, 0) is 54.6 Å². The molecule has 0 radical (unpaired) electrons. The Hall–Kier alpha value is -3.25. The molecule has 5 nitrogen and oxygen atoms in total. The number of hydrogen-bond donors (Lipinski definition) is 1. The number of rotatable bonds is 4. The summed E-state index contributed by atoms with van der Waals surface area (Å²) in [7, 11) is 0. The number of nitrogens with one attached hydrogen (secondary N) is 1. The highest BCUT2D eigenvalue weighted by molar-refractivity contribution is 7.13. The van der Waals surface area contributed by atoms with Gasteiger partial charge >= 0.3 is 0 Å². The Morgan fingerprint density at radius 2 is 1.82 bits per heavy atom. The Balaban J connectivity index is 1.70. The molecular weight excluding hydrogens is 370 g/mol. The van der Waals surface area contributed by atoms with Crippen molar-refractivity contribution in [3.8, 4) is 10.6 Å². The maximum atomic E-state index is 12.9. The third kappa shape index (κ3) is 3.46. The summed E-state index contributed by atoms with van der Waals surface area (Å²) in [6.45, 7) is 3.87. The molecule has 4 aromatic rings. The quantitative estimate of drug-likeness (QED) is 0.563. The molecule has 1 N–H and O–H groups in total. The number of hydrogen-bond acceptors (Lipinski definition) is 4. The van der Waals surface area contributed by atoms with Crippen LogP contribution in [0.4, 0.5) is 5.69 Å². The van der Waals surface area contributed by atoms with Gasteiger partial charge in [0.25, 0.3) is 5.56 Å². The summed E-state index contributed by atoms with van der Waals surface area (Å²) in [5.74, 6) is -0.287. The Bertz CT molecular complexity index is 1230. The molecule has 0 fully saturated rings. The molecule has 6 heteroatoms. The van der Waals surface area contributed by atoms with Crippen molar-refractivity contribution in [2.24, 2.45) is 0 Å². The van der Waals surface area contributed by atoms with Gasteiger partial charge in [0.05, 0.1) is 10.3 Å². The fraction of sp³-hybridized carbons (Fsp3) is 0.136. The van der Waals surface area contributed by atoms with E-state index in [9.17, 15) is 9.59 Å². The van der Waals surface area contributed by atoms with Crippen molar-refractivity contribution in [3.63, 3.8) is 0 Å². The number of fused-ring (bicyclic) bond motifs is 1. The molecule has 0 saturated carbocycles. The lowest BCUT2D eigenvalue weighted by molar-refractivity contribution is -0.117. The van der Waals surface area contributed by atoms with E-state index in [-0.39, 0.29) is 18.0 Å². The smallest absolute Gasteiger partial charge is 0.275 e. The van der Waals surface area contributed by atoms with E-state index in [0.717, 1.165) is 21.4 Å². The van der Waals surface area contributed by atoms with Crippen LogP contribution in [0, 0.1) is 13.8 Å². The van der Waals surface area contributed by atoms with E-state index in [1.807, 2.05) is 67.8 Å². The number of benzene rings is 2. The first-order chi connectivity index (χ1) is 13.5. The topological polar surface area (TPSA) is 64.0 Å². The van der Waals surface area contributed by atoms with Crippen LogP contribution in [0.15, 0.2) is 64.8 Å². The first-order valence-electron chi connectivity index (χ1n) is 8.94. The molecule has 0 aliphatic heterocycles. The van der Waals surface area contributed by atoms with Gasteiger partial charge in [0.1, 0.15) is 12.2 Å². The normalized spacial score (nSPS) is 10.9. The van der Waals surface area contributed by atoms with Crippen LogP contribution >= 0.6 is 11.3 Å². The molecular formula is C22H19N3O2S. The number of aromatic nitrogens is 2. The van der Waals surface area contributed by atoms with Gasteiger partial charge in [-0.2, -0.15) is 5.10 Å². The van der Waals surface area contributed by atoms with E-state index in [4.69, 9.17) is 0 Å². The average molecular weight is 389 g/mol. The van der Waals surface area contributed by atoms with Gasteiger partial charge in [0, 0.05) is 11.1 Å². The average Bonchev–Trinajstić information content (AvgIpc) is 3.21. The van der Waals surface area contributed by atoms with Crippen molar-refractivity contribution < 1.29 is 4.79 Å². The summed E-state index contributed by atoms with van der Waals surface area (Å²) < 4.78 is 1.24. The van der Waals surface area contributed by atoms with E-state index in [2.05, 4.69) is 10.4 Å². The lowest BCUT2D eigenvalue weighted by Crippen LogP contribution is -2.30. The van der Waals surface area contributed by atoms with Crippen LogP contribution in [0.3, 0.4) is 0 Å². The van der Waals surface area contributed by atoms with Crippen molar-refractivity contribution >= 4 is 33.7 Å². The highest BCUT2D eigenvalue weighted by atomic mass is 32.1. The second kappa shape index (κ2) is 7.40. The summed E-state index contributed by atoms with van der Waals surface area (Å²) in [5, 5.41) is 10.7. The summed E-state index contributed by atoms with van der Waals surface area (Å²) in [6.07, 6.45) is 0. The minimum Gasteiger partial charge on any atom is -0.324 e. The van der Waals surface area contributed by atoms with Crippen LogP contribution in [0.25, 0.3) is 21.3 Å². The molecule has 2 aromatic carbocycles. The van der Waals surface area contributed by atoms with Crippen molar-refractivity contribution in [3.05, 3.63) is 81.5 Å². The monoisotopic (exact) mass is 389 g/mol. The number of aryl methyl sites for hydroxylation is 2. The standard InChI is InChI=1S/C22H19N3O2S/c1-14-9-10-16(12-15(14)2)23-20(26)13-25-22(27)18-7-4-3-6-17(18)21(24-25)19-8-5-11-28-19/h3-12H,13H2,1-2H3,(H,23,26). The minimum atomic E-state index is -0.287. The molecule has 0 aliphatic carbocycles. The van der Waals surface area contributed by atoms with E-state index in [0.29, 0.717) is 16.8 Å². The zero-order valence-corrected chi connectivity index (χ0v) is 16.4. The van der Waals surface area contributed by atoms with Crippen molar-refractivity contribution in [2.45, 2.75) is 20.4 Å². The molecule has 140 valence electrons. The summed E-state index contributed by atoms with van der Waals surface area (Å²) in [4.78, 5) is 26.4. The van der Waals surface area contributed by atoms with E-state index < -0.39 is 0 Å². The molecule has 0 bridgehead atoms. The Kier molecular flexibility index (Phi) is 4.79. The van der Waals surface area contributed by atoms with Crippen LogP contribution in [0.2, 0.25) is 0 Å². The van der Waals surface area contributed by atoms with Gasteiger partial charge < -0.3 is 5.32 Å². The fourth-order valence-corrected chi connectivity index (χ4v) is 3.82. The van der Waals surface area contributed by atoms with Crippen molar-refractivity contribution in [1.29, 1.82) is 0 Å². The lowest BCUT2D eigenvalue weighted by Gasteiger charge is -2.11. The maximum absolute atomic E-state index is 12.9. The second-order valence-corrected chi connectivity index (χ2v) is 7.63. The van der Waals surface area contributed by atoms with E-state index in [1.54, 1.807) is 17.4 Å². The van der Waals surface area contributed by atoms with Gasteiger partial charge in [-0.25, -0.2) is 4.68 Å². The Morgan fingerprint density at radius 3 is 2.54 bits per heavy atom. The molecule has 4 rings (SSSR count). The molecule has 0 unspecified atom stereocenters. The summed E-state index contributed by atoms with van der Waals surface area (Å²) in [6, 6.07) is 17.0. The number of amides is 1. The SMILES string of the molecule is Cc1ccc(NC(=O)Cn2nc(-c3cccs3)c3ccccc3c2=O)cc1C. The zero-order valence-electron chi connectivity index (χ0n) is 15.6. The number of nitrogens with zero attached hydrogens (tertiary/aromatic N) is 2. The lowest BCUT2D eigenvalue weighted by atomic mass is 10.1. The molecule has 2 heterocycles. The fourth-order valence-electron chi connectivity index (χ4n) is 3.09. The van der Waals surface area contributed by atoms with Crippen LogP contribution in [-0.2, 0) is 11.3 Å². The van der Waals surface area contributed by atoms with Gasteiger partial charge in [-0.1, -0.05) is 30.3 Å². The van der Waals surface area contributed by atoms with E-state index >= 15 is 0 Å². The molecule has 2 aromatic heterocycles. The molecule has 0 aliphatic rings. The second-order valence-electron chi connectivity index (χ2n) is 6.68. The summed E-state index contributed by atoms with van der Waals surface area (Å²) in [5.41, 5.74) is 3.40. The minimum absolute atomic E-state index is 0.144. The van der Waals surface area contributed by atoms with Crippen LogP contribution < -0.4 is 10.9 Å². The summed E-state index contributed by atoms with van der Waals surface area (Å²) >= 11 is 1.55. The highest BCUT2D eigenvalue weighted by Gasteiger charge is 2.15. The van der Waals surface area contributed by atoms with E-state index in [1.165, 1.54) is 4.68 Å². The largest absolute Gasteiger partial charge is 0.324 e. The number of carbonyl (C=O) groups is 1. The third-order valence-electron chi connectivity index (χ3n) is 4.71. The molecule has 0 atom stereocenters. The first-order valence-corrected chi connectivity index (χ1v) is 9.82. The predicted octanol–water partition coefficient (Wildman–Crippen LogP) is 4.38. The molecule has 0 saturated heterocycles. The van der Waals surface area contributed by atoms with Crippen LogP contribution in [-0.4, -0.2) is 15.7 Å². The number of carbonyl (C=O) groups excluding carboxylic acids is 1. The predicted molar refractivity (Wildman–Crippen MR) is 114 cm³/mol.